The minimum atomic E-state index is -0.206. The van der Waals surface area contributed by atoms with Gasteiger partial charge in [0.2, 0.25) is 5.95 Å². The minimum absolute atomic E-state index is 0.206. The molecule has 0 bridgehead atoms. The SMILES string of the molecule is COC(=O)CN1CCN(c2nnnn2-c2ccc(C)cc2)CC1. The van der Waals surface area contributed by atoms with Gasteiger partial charge in [-0.3, -0.25) is 9.69 Å². The maximum atomic E-state index is 11.3. The van der Waals surface area contributed by atoms with Gasteiger partial charge in [0.1, 0.15) is 0 Å². The summed E-state index contributed by atoms with van der Waals surface area (Å²) in [6.45, 7) is 5.45. The lowest BCUT2D eigenvalue weighted by Gasteiger charge is -2.34. The molecule has 2 aromatic rings. The van der Waals surface area contributed by atoms with E-state index in [4.69, 9.17) is 4.74 Å². The Bertz CT molecular complexity index is 661. The summed E-state index contributed by atoms with van der Waals surface area (Å²) in [5, 5.41) is 12.1. The lowest BCUT2D eigenvalue weighted by Crippen LogP contribution is -2.48. The fraction of sp³-hybridized carbons (Fsp3) is 0.467. The van der Waals surface area contributed by atoms with Crippen molar-refractivity contribution >= 4 is 11.9 Å². The van der Waals surface area contributed by atoms with E-state index in [1.165, 1.54) is 12.7 Å². The van der Waals surface area contributed by atoms with Gasteiger partial charge in [-0.05, 0) is 29.5 Å². The van der Waals surface area contributed by atoms with Crippen LogP contribution in [0.3, 0.4) is 0 Å². The van der Waals surface area contributed by atoms with E-state index < -0.39 is 0 Å². The van der Waals surface area contributed by atoms with Crippen LogP contribution in [0.25, 0.3) is 5.69 Å². The number of anilines is 1. The van der Waals surface area contributed by atoms with E-state index in [9.17, 15) is 4.79 Å². The number of aromatic nitrogens is 4. The molecule has 0 N–H and O–H groups in total. The van der Waals surface area contributed by atoms with Crippen LogP contribution in [-0.4, -0.2) is 70.9 Å². The average molecular weight is 316 g/mol. The number of tetrazole rings is 1. The molecule has 1 aromatic carbocycles. The number of rotatable bonds is 4. The lowest BCUT2D eigenvalue weighted by molar-refractivity contribution is -0.142. The Kier molecular flexibility index (Phi) is 4.52. The molecule has 0 aliphatic carbocycles. The van der Waals surface area contributed by atoms with E-state index in [1.54, 1.807) is 4.68 Å². The zero-order valence-electron chi connectivity index (χ0n) is 13.3. The Labute approximate surface area is 134 Å². The van der Waals surface area contributed by atoms with E-state index in [0.717, 1.165) is 37.8 Å². The highest BCUT2D eigenvalue weighted by atomic mass is 16.5. The first-order valence-corrected chi connectivity index (χ1v) is 7.57. The van der Waals surface area contributed by atoms with Crippen molar-refractivity contribution in [2.75, 3.05) is 44.7 Å². The summed E-state index contributed by atoms with van der Waals surface area (Å²) in [5.41, 5.74) is 2.13. The largest absolute Gasteiger partial charge is 0.468 e. The second kappa shape index (κ2) is 6.74. The summed E-state index contributed by atoms with van der Waals surface area (Å²) in [6.07, 6.45) is 0. The molecular weight excluding hydrogens is 296 g/mol. The van der Waals surface area contributed by atoms with Gasteiger partial charge in [-0.15, -0.1) is 0 Å². The van der Waals surface area contributed by atoms with Gasteiger partial charge in [-0.25, -0.2) is 0 Å². The monoisotopic (exact) mass is 316 g/mol. The Morgan fingerprint density at radius 3 is 2.52 bits per heavy atom. The van der Waals surface area contributed by atoms with E-state index in [0.29, 0.717) is 6.54 Å². The molecule has 0 amide bonds. The number of benzene rings is 1. The van der Waals surface area contributed by atoms with Crippen LogP contribution in [0.1, 0.15) is 5.56 Å². The standard InChI is InChI=1S/C15H20N6O2/c1-12-3-5-13(6-4-12)21-15(16-17-18-21)20-9-7-19(8-10-20)11-14(22)23-2/h3-6H,7-11H2,1-2H3. The van der Waals surface area contributed by atoms with Gasteiger partial charge in [0.25, 0.3) is 0 Å². The van der Waals surface area contributed by atoms with Crippen molar-refractivity contribution in [1.29, 1.82) is 0 Å². The van der Waals surface area contributed by atoms with Crippen molar-refractivity contribution in [3.8, 4) is 5.69 Å². The third-order valence-corrected chi connectivity index (χ3v) is 3.97. The van der Waals surface area contributed by atoms with Crippen LogP contribution in [0.15, 0.2) is 24.3 Å². The van der Waals surface area contributed by atoms with E-state index in [2.05, 4.69) is 25.3 Å². The third-order valence-electron chi connectivity index (χ3n) is 3.97. The average Bonchev–Trinajstić information content (AvgIpc) is 3.05. The molecule has 1 aliphatic rings. The topological polar surface area (TPSA) is 76.4 Å². The summed E-state index contributed by atoms with van der Waals surface area (Å²) in [4.78, 5) is 15.5. The predicted octanol–water partition coefficient (Wildman–Crippen LogP) is 0.266. The lowest BCUT2D eigenvalue weighted by atomic mass is 10.2. The maximum Gasteiger partial charge on any atom is 0.319 e. The van der Waals surface area contributed by atoms with Crippen LogP contribution in [-0.2, 0) is 9.53 Å². The predicted molar refractivity (Wildman–Crippen MR) is 84.6 cm³/mol. The van der Waals surface area contributed by atoms with Crippen LogP contribution in [0, 0.1) is 6.92 Å². The second-order valence-corrected chi connectivity index (χ2v) is 5.57. The van der Waals surface area contributed by atoms with Gasteiger partial charge in [-0.1, -0.05) is 22.8 Å². The fourth-order valence-electron chi connectivity index (χ4n) is 2.59. The fourth-order valence-corrected chi connectivity index (χ4v) is 2.59. The molecule has 1 aliphatic heterocycles. The molecule has 8 heteroatoms. The van der Waals surface area contributed by atoms with E-state index in [1.807, 2.05) is 31.2 Å². The number of methoxy groups -OCH3 is 1. The molecule has 0 spiro atoms. The molecule has 8 nitrogen and oxygen atoms in total. The van der Waals surface area contributed by atoms with Crippen LogP contribution < -0.4 is 4.90 Å². The highest BCUT2D eigenvalue weighted by Crippen LogP contribution is 2.17. The van der Waals surface area contributed by atoms with Crippen molar-refractivity contribution < 1.29 is 9.53 Å². The molecule has 122 valence electrons. The van der Waals surface area contributed by atoms with Crippen molar-refractivity contribution in [2.45, 2.75) is 6.92 Å². The number of hydrogen-bond donors (Lipinski definition) is 0. The highest BCUT2D eigenvalue weighted by Gasteiger charge is 2.23. The van der Waals surface area contributed by atoms with E-state index in [-0.39, 0.29) is 5.97 Å². The Morgan fingerprint density at radius 2 is 1.87 bits per heavy atom. The van der Waals surface area contributed by atoms with Crippen LogP contribution in [0.4, 0.5) is 5.95 Å². The molecule has 3 rings (SSSR count). The summed E-state index contributed by atoms with van der Waals surface area (Å²) < 4.78 is 6.45. The molecule has 0 atom stereocenters. The maximum absolute atomic E-state index is 11.3. The highest BCUT2D eigenvalue weighted by molar-refractivity contribution is 5.71. The quantitative estimate of drug-likeness (QED) is 0.749. The summed E-state index contributed by atoms with van der Waals surface area (Å²) in [7, 11) is 1.41. The molecule has 0 radical (unpaired) electrons. The van der Waals surface area contributed by atoms with Gasteiger partial charge < -0.3 is 9.64 Å². The van der Waals surface area contributed by atoms with Crippen molar-refractivity contribution in [1.82, 2.24) is 25.1 Å². The number of carbonyl (C=O) groups is 1. The number of piperazine rings is 1. The molecule has 0 saturated carbocycles. The van der Waals surface area contributed by atoms with Crippen LogP contribution in [0.5, 0.6) is 0 Å². The molecule has 23 heavy (non-hydrogen) atoms. The van der Waals surface area contributed by atoms with E-state index >= 15 is 0 Å². The summed E-state index contributed by atoms with van der Waals surface area (Å²) in [6, 6.07) is 8.08. The molecule has 2 heterocycles. The second-order valence-electron chi connectivity index (χ2n) is 5.57. The van der Waals surface area contributed by atoms with Crippen molar-refractivity contribution in [3.63, 3.8) is 0 Å². The Balaban J connectivity index is 1.69. The number of hydrogen-bond acceptors (Lipinski definition) is 7. The number of aryl methyl sites for hydroxylation is 1. The molecule has 1 aromatic heterocycles. The van der Waals surface area contributed by atoms with Gasteiger partial charge in [-0.2, -0.15) is 4.68 Å². The molecule has 0 unspecified atom stereocenters. The number of esters is 1. The van der Waals surface area contributed by atoms with Crippen molar-refractivity contribution in [2.24, 2.45) is 0 Å². The number of ether oxygens (including phenoxy) is 1. The van der Waals surface area contributed by atoms with Gasteiger partial charge >= 0.3 is 5.97 Å². The molecule has 1 saturated heterocycles. The molecule has 1 fully saturated rings. The third kappa shape index (κ3) is 3.48. The normalized spacial score (nSPS) is 15.7. The summed E-state index contributed by atoms with van der Waals surface area (Å²) in [5.74, 6) is 0.523. The van der Waals surface area contributed by atoms with Gasteiger partial charge in [0, 0.05) is 26.2 Å². The number of carbonyl (C=O) groups excluding carboxylic acids is 1. The first-order valence-electron chi connectivity index (χ1n) is 7.57. The minimum Gasteiger partial charge on any atom is -0.468 e. The Morgan fingerprint density at radius 1 is 1.17 bits per heavy atom. The first-order chi connectivity index (χ1) is 11.2. The van der Waals surface area contributed by atoms with Gasteiger partial charge in [0.05, 0.1) is 19.3 Å². The number of nitrogens with zero attached hydrogens (tertiary/aromatic N) is 6. The summed E-state index contributed by atoms with van der Waals surface area (Å²) >= 11 is 0. The Hall–Kier alpha value is -2.48. The van der Waals surface area contributed by atoms with Crippen LogP contribution >= 0.6 is 0 Å². The van der Waals surface area contributed by atoms with Crippen LogP contribution in [0.2, 0.25) is 0 Å². The zero-order valence-corrected chi connectivity index (χ0v) is 13.3. The first kappa shape index (κ1) is 15.4. The zero-order chi connectivity index (χ0) is 16.2. The van der Waals surface area contributed by atoms with Gasteiger partial charge in [0.15, 0.2) is 0 Å². The smallest absolute Gasteiger partial charge is 0.319 e. The van der Waals surface area contributed by atoms with Crippen molar-refractivity contribution in [3.05, 3.63) is 29.8 Å². The molecular formula is C15H20N6O2.